The Labute approximate surface area is 106 Å². The Kier molecular flexibility index (Phi) is 5.90. The van der Waals surface area contributed by atoms with Gasteiger partial charge in [0.05, 0.1) is 13.0 Å². The second-order valence-corrected chi connectivity index (χ2v) is 3.86. The number of nitrogens with one attached hydrogen (secondary N) is 1. The Morgan fingerprint density at radius 3 is 2.83 bits per heavy atom. The van der Waals surface area contributed by atoms with Gasteiger partial charge in [-0.3, -0.25) is 9.59 Å². The molecule has 0 bridgehead atoms. The lowest BCUT2D eigenvalue weighted by molar-refractivity contribution is -0.144. The minimum Gasteiger partial charge on any atom is -0.466 e. The first kappa shape index (κ1) is 14.2. The monoisotopic (exact) mass is 253 g/mol. The average molecular weight is 253 g/mol. The maximum absolute atomic E-state index is 11.4. The van der Waals surface area contributed by atoms with Crippen LogP contribution in [-0.2, 0) is 27.8 Å². The summed E-state index contributed by atoms with van der Waals surface area (Å²) in [7, 11) is 1.91. The molecule has 6 heteroatoms. The van der Waals surface area contributed by atoms with E-state index in [0.29, 0.717) is 19.6 Å². The van der Waals surface area contributed by atoms with E-state index in [1.165, 1.54) is 0 Å². The lowest BCUT2D eigenvalue weighted by atomic mass is 10.3. The summed E-state index contributed by atoms with van der Waals surface area (Å²) in [6.45, 7) is 2.61. The van der Waals surface area contributed by atoms with E-state index < -0.39 is 0 Å². The summed E-state index contributed by atoms with van der Waals surface area (Å²) in [5.41, 5.74) is 0. The number of carbonyl (C=O) groups is 2. The molecular formula is C12H19N3O3. The van der Waals surface area contributed by atoms with E-state index in [1.54, 1.807) is 13.1 Å². The molecule has 1 rings (SSSR count). The van der Waals surface area contributed by atoms with Gasteiger partial charge in [0, 0.05) is 38.8 Å². The topological polar surface area (TPSA) is 73.2 Å². The summed E-state index contributed by atoms with van der Waals surface area (Å²) in [6, 6.07) is 0. The summed E-state index contributed by atoms with van der Waals surface area (Å²) < 4.78 is 6.65. The largest absolute Gasteiger partial charge is 0.466 e. The molecule has 0 saturated carbocycles. The molecule has 1 N–H and O–H groups in total. The minimum absolute atomic E-state index is 0.127. The molecule has 0 atom stereocenters. The first-order valence-electron chi connectivity index (χ1n) is 6.02. The van der Waals surface area contributed by atoms with E-state index in [1.807, 2.05) is 17.8 Å². The standard InChI is InChI=1S/C12H19N3O3/c1-3-18-12(17)5-4-11(16)14-7-6-10-13-8-9-15(10)2/h8-9H,3-7H2,1-2H3,(H,14,16). The van der Waals surface area contributed by atoms with Crippen molar-refractivity contribution >= 4 is 11.9 Å². The van der Waals surface area contributed by atoms with Crippen LogP contribution in [0.25, 0.3) is 0 Å². The van der Waals surface area contributed by atoms with Crippen LogP contribution < -0.4 is 5.32 Å². The number of hydrogen-bond donors (Lipinski definition) is 1. The molecule has 1 aromatic heterocycles. The number of rotatable bonds is 7. The SMILES string of the molecule is CCOC(=O)CCC(=O)NCCc1nccn1C. The Bertz CT molecular complexity index is 401. The van der Waals surface area contributed by atoms with E-state index in [-0.39, 0.29) is 24.7 Å². The van der Waals surface area contributed by atoms with Crippen LogP contribution in [-0.4, -0.2) is 34.6 Å². The smallest absolute Gasteiger partial charge is 0.306 e. The maximum Gasteiger partial charge on any atom is 0.306 e. The number of ether oxygens (including phenoxy) is 1. The Morgan fingerprint density at radius 1 is 1.44 bits per heavy atom. The summed E-state index contributed by atoms with van der Waals surface area (Å²) in [5, 5.41) is 2.75. The zero-order valence-electron chi connectivity index (χ0n) is 10.8. The van der Waals surface area contributed by atoms with Gasteiger partial charge in [0.25, 0.3) is 0 Å². The Hall–Kier alpha value is -1.85. The van der Waals surface area contributed by atoms with Gasteiger partial charge in [-0.25, -0.2) is 4.98 Å². The van der Waals surface area contributed by atoms with E-state index in [4.69, 9.17) is 4.74 Å². The summed E-state index contributed by atoms with van der Waals surface area (Å²) in [4.78, 5) is 26.6. The molecule has 0 radical (unpaired) electrons. The summed E-state index contributed by atoms with van der Waals surface area (Å²) >= 11 is 0. The third kappa shape index (κ3) is 4.99. The van der Waals surface area contributed by atoms with Gasteiger partial charge in [-0.1, -0.05) is 0 Å². The van der Waals surface area contributed by atoms with Crippen LogP contribution in [0.5, 0.6) is 0 Å². The number of carbonyl (C=O) groups excluding carboxylic acids is 2. The number of imidazole rings is 1. The lowest BCUT2D eigenvalue weighted by Crippen LogP contribution is -2.26. The zero-order chi connectivity index (χ0) is 13.4. The molecule has 0 aliphatic heterocycles. The van der Waals surface area contributed by atoms with Crippen molar-refractivity contribution in [3.05, 3.63) is 18.2 Å². The van der Waals surface area contributed by atoms with Crippen LogP contribution in [0.2, 0.25) is 0 Å². The summed E-state index contributed by atoms with van der Waals surface area (Å²) in [5.74, 6) is 0.440. The van der Waals surface area contributed by atoms with Crippen LogP contribution >= 0.6 is 0 Å². The molecule has 1 amide bonds. The van der Waals surface area contributed by atoms with Gasteiger partial charge in [-0.15, -0.1) is 0 Å². The second kappa shape index (κ2) is 7.47. The van der Waals surface area contributed by atoms with E-state index in [0.717, 1.165) is 5.82 Å². The van der Waals surface area contributed by atoms with Crippen LogP contribution in [0.3, 0.4) is 0 Å². The highest BCUT2D eigenvalue weighted by molar-refractivity contribution is 5.81. The molecule has 0 unspecified atom stereocenters. The molecule has 1 aromatic rings. The molecule has 1 heterocycles. The van der Waals surface area contributed by atoms with Gasteiger partial charge in [0.2, 0.25) is 5.91 Å². The molecule has 0 saturated heterocycles. The van der Waals surface area contributed by atoms with E-state index in [9.17, 15) is 9.59 Å². The number of esters is 1. The van der Waals surface area contributed by atoms with Gasteiger partial charge >= 0.3 is 5.97 Å². The first-order chi connectivity index (χ1) is 8.63. The Balaban J connectivity index is 2.14. The van der Waals surface area contributed by atoms with E-state index in [2.05, 4.69) is 10.3 Å². The van der Waals surface area contributed by atoms with Crippen LogP contribution in [0.1, 0.15) is 25.6 Å². The quantitative estimate of drug-likeness (QED) is 0.715. The fraction of sp³-hybridized carbons (Fsp3) is 0.583. The van der Waals surface area contributed by atoms with Gasteiger partial charge in [-0.2, -0.15) is 0 Å². The first-order valence-corrected chi connectivity index (χ1v) is 6.02. The number of aromatic nitrogens is 2. The van der Waals surface area contributed by atoms with Crippen molar-refractivity contribution < 1.29 is 14.3 Å². The van der Waals surface area contributed by atoms with Crippen LogP contribution in [0, 0.1) is 0 Å². The van der Waals surface area contributed by atoms with Crippen molar-refractivity contribution in [2.75, 3.05) is 13.2 Å². The van der Waals surface area contributed by atoms with Gasteiger partial charge in [0.15, 0.2) is 0 Å². The molecule has 6 nitrogen and oxygen atoms in total. The molecular weight excluding hydrogens is 234 g/mol. The predicted molar refractivity (Wildman–Crippen MR) is 65.8 cm³/mol. The molecule has 0 spiro atoms. The van der Waals surface area contributed by atoms with Crippen molar-refractivity contribution in [3.8, 4) is 0 Å². The summed E-state index contributed by atoms with van der Waals surface area (Å²) in [6.07, 6.45) is 4.55. The van der Waals surface area contributed by atoms with Gasteiger partial charge in [0.1, 0.15) is 5.82 Å². The third-order valence-corrected chi connectivity index (χ3v) is 2.45. The van der Waals surface area contributed by atoms with Crippen molar-refractivity contribution in [1.29, 1.82) is 0 Å². The lowest BCUT2D eigenvalue weighted by Gasteiger charge is -2.05. The number of amides is 1. The molecule has 0 aliphatic rings. The van der Waals surface area contributed by atoms with E-state index >= 15 is 0 Å². The minimum atomic E-state index is -0.336. The zero-order valence-corrected chi connectivity index (χ0v) is 10.8. The molecule has 0 aromatic carbocycles. The van der Waals surface area contributed by atoms with Crippen LogP contribution in [0.4, 0.5) is 0 Å². The third-order valence-electron chi connectivity index (χ3n) is 2.45. The number of hydrogen-bond acceptors (Lipinski definition) is 4. The van der Waals surface area contributed by atoms with Gasteiger partial charge in [-0.05, 0) is 6.92 Å². The second-order valence-electron chi connectivity index (χ2n) is 3.86. The highest BCUT2D eigenvalue weighted by atomic mass is 16.5. The molecule has 0 fully saturated rings. The van der Waals surface area contributed by atoms with Crippen molar-refractivity contribution in [2.24, 2.45) is 7.05 Å². The van der Waals surface area contributed by atoms with Crippen LogP contribution in [0.15, 0.2) is 12.4 Å². The Morgan fingerprint density at radius 2 is 2.22 bits per heavy atom. The number of nitrogens with zero attached hydrogens (tertiary/aromatic N) is 2. The molecule has 0 aliphatic carbocycles. The van der Waals surface area contributed by atoms with Gasteiger partial charge < -0.3 is 14.6 Å². The molecule has 100 valence electrons. The maximum atomic E-state index is 11.4. The highest BCUT2D eigenvalue weighted by Crippen LogP contribution is 1.96. The average Bonchev–Trinajstić information content (AvgIpc) is 2.73. The fourth-order valence-electron chi connectivity index (χ4n) is 1.49. The van der Waals surface area contributed by atoms with Crippen molar-refractivity contribution in [3.63, 3.8) is 0 Å². The molecule has 18 heavy (non-hydrogen) atoms. The highest BCUT2D eigenvalue weighted by Gasteiger charge is 2.07. The number of aryl methyl sites for hydroxylation is 1. The van der Waals surface area contributed by atoms with Crippen molar-refractivity contribution in [2.45, 2.75) is 26.2 Å². The fourth-order valence-corrected chi connectivity index (χ4v) is 1.49. The van der Waals surface area contributed by atoms with Crippen molar-refractivity contribution in [1.82, 2.24) is 14.9 Å². The predicted octanol–water partition coefficient (Wildman–Crippen LogP) is 0.422. The normalized spacial score (nSPS) is 10.1.